The average molecular weight is 348 g/mol. The average Bonchev–Trinajstić information content (AvgIpc) is 2.81. The van der Waals surface area contributed by atoms with Crippen molar-refractivity contribution < 1.29 is 13.5 Å². The monoisotopic (exact) mass is 347 g/mol. The molecule has 2 heterocycles. The van der Waals surface area contributed by atoms with Crippen LogP contribution in [0.4, 0.5) is 8.78 Å². The number of nitrogens with zero attached hydrogens (tertiary/aromatic N) is 1. The molecule has 4 nitrogen and oxygen atoms in total. The van der Waals surface area contributed by atoms with E-state index in [4.69, 9.17) is 22.7 Å². The third kappa shape index (κ3) is 3.02. The Morgan fingerprint density at radius 1 is 1.36 bits per heavy atom. The van der Waals surface area contributed by atoms with E-state index in [-0.39, 0.29) is 18.4 Å². The molecule has 0 saturated carbocycles. The van der Waals surface area contributed by atoms with Crippen LogP contribution in [0.3, 0.4) is 0 Å². The maximum atomic E-state index is 13.4. The lowest BCUT2D eigenvalue weighted by Crippen LogP contribution is -2.26. The van der Waals surface area contributed by atoms with Crippen LogP contribution < -0.4 is 10.5 Å². The molecule has 8 heteroatoms. The summed E-state index contributed by atoms with van der Waals surface area (Å²) in [7, 11) is 0. The summed E-state index contributed by atoms with van der Waals surface area (Å²) in [5, 5.41) is 0. The number of aromatic nitrogens is 2. The van der Waals surface area contributed by atoms with Gasteiger partial charge in [-0.1, -0.05) is 0 Å². The zero-order valence-electron chi connectivity index (χ0n) is 11.6. The number of H-pyrrole nitrogens is 1. The molecule has 0 fully saturated rings. The molecule has 1 atom stereocenters. The van der Waals surface area contributed by atoms with Crippen molar-refractivity contribution in [3.8, 4) is 5.75 Å². The van der Waals surface area contributed by atoms with E-state index in [1.165, 1.54) is 6.07 Å². The minimum Gasteiger partial charge on any atom is -0.491 e. The Balaban J connectivity index is 0.00000176. The normalized spacial score (nSPS) is 16.6. The van der Waals surface area contributed by atoms with Crippen LogP contribution in [0.25, 0.3) is 0 Å². The number of nitrogens with two attached hydrogens (primary N) is 1. The van der Waals surface area contributed by atoms with Gasteiger partial charge in [0.25, 0.3) is 0 Å². The number of aromatic amines is 1. The first-order valence-electron chi connectivity index (χ1n) is 6.69. The predicted octanol–water partition coefficient (Wildman–Crippen LogP) is 2.92. The lowest BCUT2D eigenvalue weighted by molar-refractivity contribution is 0.218. The number of nitrogens with one attached hydrogen (secondary N) is 1. The molecule has 2 aromatic rings. The topological polar surface area (TPSA) is 56.0 Å². The molecule has 1 aliphatic heterocycles. The van der Waals surface area contributed by atoms with Crippen molar-refractivity contribution >= 4 is 24.6 Å². The molecule has 22 heavy (non-hydrogen) atoms. The van der Waals surface area contributed by atoms with Gasteiger partial charge in [0.2, 0.25) is 0 Å². The maximum absolute atomic E-state index is 13.4. The molecule has 3 N–H and O–H groups in total. The number of benzene rings is 1. The second kappa shape index (κ2) is 6.76. The molecule has 0 bridgehead atoms. The quantitative estimate of drug-likeness (QED) is 0.839. The van der Waals surface area contributed by atoms with Crippen molar-refractivity contribution in [3.05, 3.63) is 46.0 Å². The Morgan fingerprint density at radius 2 is 2.09 bits per heavy atom. The number of rotatable bonds is 3. The zero-order chi connectivity index (χ0) is 15.0. The van der Waals surface area contributed by atoms with E-state index >= 15 is 0 Å². The third-order valence-electron chi connectivity index (χ3n) is 3.65. The SMILES string of the molecule is Cl.NCCc1c[nH]c(=S)n1[C@@H]1COc2cc(F)c(F)cc2C1. The standard InChI is InChI=1S/C14H15F2N3OS.ClH/c15-11-4-8-3-10(7-20-13(8)5-12(11)16)19-9(1-2-17)6-18-14(19)21;/h4-6,10H,1-3,7,17H2,(H,18,21);1H/t10-;/m0./s1. The van der Waals surface area contributed by atoms with Crippen LogP contribution in [0.15, 0.2) is 18.3 Å². The van der Waals surface area contributed by atoms with E-state index in [0.717, 1.165) is 11.8 Å². The molecule has 1 aromatic carbocycles. The number of hydrogen-bond donors (Lipinski definition) is 2. The van der Waals surface area contributed by atoms with Crippen LogP contribution in [-0.2, 0) is 12.8 Å². The van der Waals surface area contributed by atoms with Crippen LogP contribution in [0.1, 0.15) is 17.3 Å². The zero-order valence-corrected chi connectivity index (χ0v) is 13.3. The number of fused-ring (bicyclic) bond motifs is 1. The second-order valence-electron chi connectivity index (χ2n) is 5.04. The largest absolute Gasteiger partial charge is 0.491 e. The molecule has 1 aromatic heterocycles. The van der Waals surface area contributed by atoms with Crippen LogP contribution in [0.5, 0.6) is 5.75 Å². The minimum absolute atomic E-state index is 0. The van der Waals surface area contributed by atoms with Gasteiger partial charge in [0, 0.05) is 30.8 Å². The number of halogens is 3. The first-order valence-corrected chi connectivity index (χ1v) is 7.10. The minimum atomic E-state index is -0.894. The fraction of sp³-hybridized carbons (Fsp3) is 0.357. The van der Waals surface area contributed by atoms with Gasteiger partial charge in [0.1, 0.15) is 12.4 Å². The Morgan fingerprint density at radius 3 is 2.82 bits per heavy atom. The molecule has 120 valence electrons. The number of ether oxygens (including phenoxy) is 1. The Labute approximate surface area is 137 Å². The maximum Gasteiger partial charge on any atom is 0.177 e. The van der Waals surface area contributed by atoms with Gasteiger partial charge in [-0.2, -0.15) is 0 Å². The Bertz CT molecular complexity index is 731. The van der Waals surface area contributed by atoms with Crippen molar-refractivity contribution in [2.45, 2.75) is 18.9 Å². The van der Waals surface area contributed by atoms with Crippen LogP contribution >= 0.6 is 24.6 Å². The summed E-state index contributed by atoms with van der Waals surface area (Å²) in [6.07, 6.45) is 3.06. The molecule has 0 unspecified atom stereocenters. The van der Waals surface area contributed by atoms with E-state index in [1.807, 2.05) is 10.8 Å². The summed E-state index contributed by atoms with van der Waals surface area (Å²) in [6.45, 7) is 0.873. The van der Waals surface area contributed by atoms with E-state index in [1.54, 1.807) is 0 Å². The molecule has 0 amide bonds. The van der Waals surface area contributed by atoms with Crippen LogP contribution in [-0.4, -0.2) is 22.7 Å². The van der Waals surface area contributed by atoms with E-state index in [9.17, 15) is 8.78 Å². The highest BCUT2D eigenvalue weighted by atomic mass is 35.5. The molecule has 1 aliphatic rings. The molecule has 0 saturated heterocycles. The van der Waals surface area contributed by atoms with Gasteiger partial charge in [-0.05, 0) is 30.4 Å². The van der Waals surface area contributed by atoms with E-state index < -0.39 is 11.6 Å². The second-order valence-corrected chi connectivity index (χ2v) is 5.42. The molecular weight excluding hydrogens is 332 g/mol. The summed E-state index contributed by atoms with van der Waals surface area (Å²) < 4.78 is 34.7. The molecule has 0 aliphatic carbocycles. The van der Waals surface area contributed by atoms with Gasteiger partial charge in [-0.25, -0.2) is 8.78 Å². The number of imidazole rings is 1. The molecule has 3 rings (SSSR count). The van der Waals surface area contributed by atoms with Gasteiger partial charge >= 0.3 is 0 Å². The summed E-state index contributed by atoms with van der Waals surface area (Å²) in [6, 6.07) is 2.23. The fourth-order valence-electron chi connectivity index (χ4n) is 2.68. The highest BCUT2D eigenvalue weighted by Crippen LogP contribution is 2.32. The van der Waals surface area contributed by atoms with Gasteiger partial charge in [-0.15, -0.1) is 12.4 Å². The first kappa shape index (κ1) is 16.9. The summed E-state index contributed by atoms with van der Waals surface area (Å²) in [5.41, 5.74) is 7.23. The molecule has 0 spiro atoms. The van der Waals surface area contributed by atoms with Crippen molar-refractivity contribution in [1.82, 2.24) is 9.55 Å². The highest BCUT2D eigenvalue weighted by Gasteiger charge is 2.25. The lowest BCUT2D eigenvalue weighted by Gasteiger charge is -2.27. The summed E-state index contributed by atoms with van der Waals surface area (Å²) in [4.78, 5) is 3.00. The van der Waals surface area contributed by atoms with Gasteiger partial charge in [-0.3, -0.25) is 0 Å². The molecular formula is C14H16ClF2N3OS. The smallest absolute Gasteiger partial charge is 0.177 e. The van der Waals surface area contributed by atoms with Gasteiger partial charge in [0.05, 0.1) is 6.04 Å². The van der Waals surface area contributed by atoms with Gasteiger partial charge in [0.15, 0.2) is 16.4 Å². The van der Waals surface area contributed by atoms with Crippen LogP contribution in [0.2, 0.25) is 0 Å². The summed E-state index contributed by atoms with van der Waals surface area (Å²) >= 11 is 5.29. The van der Waals surface area contributed by atoms with Crippen molar-refractivity contribution in [2.75, 3.05) is 13.2 Å². The Hall–Kier alpha value is -1.44. The lowest BCUT2D eigenvalue weighted by atomic mass is 10.0. The highest BCUT2D eigenvalue weighted by molar-refractivity contribution is 7.71. The van der Waals surface area contributed by atoms with E-state index in [0.29, 0.717) is 42.1 Å². The third-order valence-corrected chi connectivity index (χ3v) is 3.96. The van der Waals surface area contributed by atoms with Crippen molar-refractivity contribution in [2.24, 2.45) is 5.73 Å². The predicted molar refractivity (Wildman–Crippen MR) is 84.2 cm³/mol. The number of hydrogen-bond acceptors (Lipinski definition) is 3. The Kier molecular flexibility index (Phi) is 5.20. The van der Waals surface area contributed by atoms with Crippen LogP contribution in [0, 0.1) is 16.4 Å². The first-order chi connectivity index (χ1) is 10.1. The van der Waals surface area contributed by atoms with Gasteiger partial charge < -0.3 is 20.0 Å². The fourth-order valence-corrected chi connectivity index (χ4v) is 3.01. The van der Waals surface area contributed by atoms with Crippen molar-refractivity contribution in [1.29, 1.82) is 0 Å². The summed E-state index contributed by atoms with van der Waals surface area (Å²) in [5.74, 6) is -1.36. The molecule has 0 radical (unpaired) electrons. The van der Waals surface area contributed by atoms with E-state index in [2.05, 4.69) is 4.98 Å². The van der Waals surface area contributed by atoms with Crippen molar-refractivity contribution in [3.63, 3.8) is 0 Å².